The van der Waals surface area contributed by atoms with Gasteiger partial charge >= 0.3 is 0 Å². The molecule has 0 aromatic carbocycles. The van der Waals surface area contributed by atoms with Crippen LogP contribution < -0.4 is 0 Å². The predicted molar refractivity (Wildman–Crippen MR) is 64.0 cm³/mol. The van der Waals surface area contributed by atoms with E-state index in [2.05, 4.69) is 39.5 Å². The van der Waals surface area contributed by atoms with Crippen molar-refractivity contribution in [3.05, 3.63) is 36.0 Å². The van der Waals surface area contributed by atoms with Gasteiger partial charge in [0.2, 0.25) is 0 Å². The molecule has 0 bridgehead atoms. The van der Waals surface area contributed by atoms with Gasteiger partial charge in [0.25, 0.3) is 0 Å². The molecule has 0 spiro atoms. The van der Waals surface area contributed by atoms with Gasteiger partial charge in [-0.15, -0.1) is 0 Å². The summed E-state index contributed by atoms with van der Waals surface area (Å²) in [7, 11) is 0. The number of hydrogen-bond acceptors (Lipinski definition) is 0. The quantitative estimate of drug-likeness (QED) is 0.540. The van der Waals surface area contributed by atoms with E-state index in [1.807, 2.05) is 19.9 Å². The van der Waals surface area contributed by atoms with Crippen LogP contribution in [0.4, 0.5) is 0 Å². The molecule has 0 radical (unpaired) electrons. The van der Waals surface area contributed by atoms with Crippen LogP contribution in [0.5, 0.6) is 0 Å². The highest BCUT2D eigenvalue weighted by molar-refractivity contribution is 5.27. The van der Waals surface area contributed by atoms with Gasteiger partial charge in [0.05, 0.1) is 0 Å². The van der Waals surface area contributed by atoms with E-state index in [1.54, 1.807) is 0 Å². The highest BCUT2D eigenvalue weighted by Crippen LogP contribution is 2.09. The molecule has 0 saturated carbocycles. The minimum atomic E-state index is 1.17. The van der Waals surface area contributed by atoms with Gasteiger partial charge in [0, 0.05) is 0 Å². The Bertz CT molecular complexity index is 170. The highest BCUT2D eigenvalue weighted by atomic mass is 13.9. The van der Waals surface area contributed by atoms with Crippen LogP contribution in [0.3, 0.4) is 0 Å². The van der Waals surface area contributed by atoms with E-state index < -0.39 is 0 Å². The summed E-state index contributed by atoms with van der Waals surface area (Å²) < 4.78 is 0. The summed E-state index contributed by atoms with van der Waals surface area (Å²) in [6.45, 7) is 14.1. The van der Waals surface area contributed by atoms with Gasteiger partial charge in [0.15, 0.2) is 0 Å². The zero-order valence-corrected chi connectivity index (χ0v) is 9.85. The molecule has 0 aromatic heterocycles. The van der Waals surface area contributed by atoms with Crippen molar-refractivity contribution in [2.45, 2.75) is 47.5 Å². The van der Waals surface area contributed by atoms with E-state index in [4.69, 9.17) is 0 Å². The molecule has 0 N–H and O–H groups in total. The van der Waals surface area contributed by atoms with E-state index in [1.165, 1.54) is 24.0 Å². The van der Waals surface area contributed by atoms with Gasteiger partial charge in [-0.3, -0.25) is 0 Å². The van der Waals surface area contributed by atoms with Gasteiger partial charge in [0.1, 0.15) is 0 Å². The van der Waals surface area contributed by atoms with Crippen LogP contribution in [0.2, 0.25) is 0 Å². The third-order valence-corrected chi connectivity index (χ3v) is 1.64. The summed E-state index contributed by atoms with van der Waals surface area (Å²) >= 11 is 0. The van der Waals surface area contributed by atoms with Crippen LogP contribution in [-0.4, -0.2) is 0 Å². The van der Waals surface area contributed by atoms with Crippen LogP contribution in [0.25, 0.3) is 0 Å². The van der Waals surface area contributed by atoms with E-state index in [-0.39, 0.29) is 0 Å². The molecule has 0 unspecified atom stereocenters. The molecule has 0 amide bonds. The van der Waals surface area contributed by atoms with Crippen molar-refractivity contribution in [2.24, 2.45) is 0 Å². The maximum atomic E-state index is 3.71. The Labute approximate surface area is 84.1 Å². The van der Waals surface area contributed by atoms with E-state index in [0.29, 0.717) is 0 Å². The first-order chi connectivity index (χ1) is 6.24. The first kappa shape index (κ1) is 14.7. The third kappa shape index (κ3) is 9.13. The molecule has 0 heterocycles. The van der Waals surface area contributed by atoms with E-state index in [9.17, 15) is 0 Å². The first-order valence-electron chi connectivity index (χ1n) is 5.20. The minimum absolute atomic E-state index is 1.17. The minimum Gasteiger partial charge on any atom is -0.0988 e. The van der Waals surface area contributed by atoms with Crippen molar-refractivity contribution < 1.29 is 0 Å². The lowest BCUT2D eigenvalue weighted by Gasteiger charge is -1.98. The lowest BCUT2D eigenvalue weighted by atomic mass is 10.1. The average molecular weight is 180 g/mol. The summed E-state index contributed by atoms with van der Waals surface area (Å²) in [6.07, 6.45) is 8.62. The molecule has 0 aliphatic rings. The van der Waals surface area contributed by atoms with E-state index in [0.717, 1.165) is 0 Å². The largest absolute Gasteiger partial charge is 0.0988 e. The lowest BCUT2D eigenvalue weighted by Crippen LogP contribution is -1.78. The Morgan fingerprint density at radius 3 is 2.15 bits per heavy atom. The van der Waals surface area contributed by atoms with Gasteiger partial charge < -0.3 is 0 Å². The Balaban J connectivity index is 0. The fourth-order valence-corrected chi connectivity index (χ4v) is 0.940. The summed E-state index contributed by atoms with van der Waals surface area (Å²) in [4.78, 5) is 0. The average Bonchev–Trinajstić information content (AvgIpc) is 2.20. The molecule has 13 heavy (non-hydrogen) atoms. The molecule has 0 aliphatic carbocycles. The maximum absolute atomic E-state index is 3.71. The molecule has 0 heteroatoms. The molecule has 0 aliphatic heterocycles. The monoisotopic (exact) mass is 180 g/mol. The summed E-state index contributed by atoms with van der Waals surface area (Å²) in [5.41, 5.74) is 2.65. The van der Waals surface area contributed by atoms with Crippen molar-refractivity contribution >= 4 is 0 Å². The van der Waals surface area contributed by atoms with Crippen molar-refractivity contribution in [3.63, 3.8) is 0 Å². The fourth-order valence-electron chi connectivity index (χ4n) is 0.940. The van der Waals surface area contributed by atoms with E-state index >= 15 is 0 Å². The molecule has 0 atom stereocenters. The molecule has 0 aromatic rings. The first-order valence-corrected chi connectivity index (χ1v) is 5.20. The predicted octanol–water partition coefficient (Wildman–Crippen LogP) is 4.89. The van der Waals surface area contributed by atoms with Crippen LogP contribution in [-0.2, 0) is 0 Å². The molecule has 0 nitrogen and oxygen atoms in total. The van der Waals surface area contributed by atoms with Crippen molar-refractivity contribution in [1.82, 2.24) is 0 Å². The highest BCUT2D eigenvalue weighted by Gasteiger charge is 1.89. The van der Waals surface area contributed by atoms with Gasteiger partial charge in [-0.2, -0.15) is 0 Å². The van der Waals surface area contributed by atoms with Crippen molar-refractivity contribution in [1.29, 1.82) is 0 Å². The molecule has 0 fully saturated rings. The number of rotatable bonds is 4. The second kappa shape index (κ2) is 11.2. The normalized spacial score (nSPS) is 11.8. The molecular formula is C13H24. The third-order valence-electron chi connectivity index (χ3n) is 1.64. The van der Waals surface area contributed by atoms with Gasteiger partial charge in [-0.25, -0.2) is 0 Å². The summed E-state index contributed by atoms with van der Waals surface area (Å²) in [5, 5.41) is 0. The molecule has 0 rings (SSSR count). The maximum Gasteiger partial charge on any atom is -0.0285 e. The second-order valence-electron chi connectivity index (χ2n) is 2.71. The Morgan fingerprint density at radius 2 is 1.85 bits per heavy atom. The van der Waals surface area contributed by atoms with Gasteiger partial charge in [-0.05, 0) is 20.3 Å². The van der Waals surface area contributed by atoms with Crippen LogP contribution in [0, 0.1) is 0 Å². The Hall–Kier alpha value is -0.780. The zero-order chi connectivity index (χ0) is 10.7. The standard InChI is InChI=1S/C11H18.C2H6/c1-5-8-11(7-3)9-10(4)6-2;1-2/h6-7,9H,2,5,8H2,1,3-4H3;1-2H3/b10-9-,11-7-;. The Kier molecular flexibility index (Phi) is 12.7. The Morgan fingerprint density at radius 1 is 1.31 bits per heavy atom. The molecule has 76 valence electrons. The zero-order valence-electron chi connectivity index (χ0n) is 9.85. The SMILES string of the molecule is C=C/C(C)=C\C(=C/C)CCC.CC. The van der Waals surface area contributed by atoms with Crippen molar-refractivity contribution in [2.75, 3.05) is 0 Å². The number of hydrogen-bond donors (Lipinski definition) is 0. The number of allylic oxidation sites excluding steroid dienone is 5. The fraction of sp³-hybridized carbons (Fsp3) is 0.538. The van der Waals surface area contributed by atoms with Gasteiger partial charge in [-0.1, -0.05) is 63.1 Å². The second-order valence-corrected chi connectivity index (χ2v) is 2.71. The molecule has 0 saturated heterocycles. The smallest absolute Gasteiger partial charge is 0.0285 e. The van der Waals surface area contributed by atoms with Crippen molar-refractivity contribution in [3.8, 4) is 0 Å². The van der Waals surface area contributed by atoms with Crippen LogP contribution in [0.1, 0.15) is 47.5 Å². The summed E-state index contributed by atoms with van der Waals surface area (Å²) in [6, 6.07) is 0. The topological polar surface area (TPSA) is 0 Å². The lowest BCUT2D eigenvalue weighted by molar-refractivity contribution is 0.922. The van der Waals surface area contributed by atoms with Crippen LogP contribution in [0.15, 0.2) is 36.0 Å². The summed E-state index contributed by atoms with van der Waals surface area (Å²) in [5.74, 6) is 0. The molecular weight excluding hydrogens is 156 g/mol. The van der Waals surface area contributed by atoms with Crippen LogP contribution >= 0.6 is 0 Å².